The second kappa shape index (κ2) is 11.5. The lowest BCUT2D eigenvalue weighted by atomic mass is 10.2. The van der Waals surface area contributed by atoms with E-state index in [1.807, 2.05) is 0 Å². The van der Waals surface area contributed by atoms with Crippen molar-refractivity contribution in [3.63, 3.8) is 0 Å². The average Bonchev–Trinajstić information content (AvgIpc) is 3.54. The lowest BCUT2D eigenvalue weighted by Crippen LogP contribution is -2.23. The predicted octanol–water partition coefficient (Wildman–Crippen LogP) is 5.01. The number of aromatic nitrogens is 7. The fourth-order valence-corrected chi connectivity index (χ4v) is 4.33. The highest BCUT2D eigenvalue weighted by molar-refractivity contribution is 5.99. The van der Waals surface area contributed by atoms with Crippen LogP contribution in [0.3, 0.4) is 0 Å². The third-order valence-electron chi connectivity index (χ3n) is 6.32. The molecule has 0 spiro atoms. The van der Waals surface area contributed by atoms with Gasteiger partial charge in [0.2, 0.25) is 5.88 Å². The van der Waals surface area contributed by atoms with Crippen molar-refractivity contribution < 1.29 is 31.8 Å². The number of amides is 1. The van der Waals surface area contributed by atoms with Crippen LogP contribution < -0.4 is 14.8 Å². The van der Waals surface area contributed by atoms with Gasteiger partial charge in [-0.2, -0.15) is 13.9 Å². The molecule has 1 amide bonds. The summed E-state index contributed by atoms with van der Waals surface area (Å²) in [5.41, 5.74) is 2.06. The van der Waals surface area contributed by atoms with Crippen LogP contribution >= 0.6 is 0 Å². The number of anilines is 2. The first-order chi connectivity index (χ1) is 20.5. The molecule has 4 heterocycles. The van der Waals surface area contributed by atoms with Gasteiger partial charge in [0.15, 0.2) is 11.6 Å². The molecule has 1 aromatic carbocycles. The molecular weight excluding hydrogens is 574 g/mol. The van der Waals surface area contributed by atoms with Gasteiger partial charge in [-0.1, -0.05) is 0 Å². The van der Waals surface area contributed by atoms with E-state index in [0.717, 1.165) is 4.68 Å². The van der Waals surface area contributed by atoms with Crippen LogP contribution in [0.25, 0.3) is 22.7 Å². The van der Waals surface area contributed by atoms with Gasteiger partial charge in [-0.05, 0) is 38.1 Å². The van der Waals surface area contributed by atoms with Crippen LogP contribution in [0.15, 0.2) is 42.7 Å². The number of carbonyl (C=O) groups excluding carboxylic acids is 1. The number of methoxy groups -OCH3 is 1. The largest absolute Gasteiger partial charge is 0.494 e. The molecule has 16 heteroatoms. The summed E-state index contributed by atoms with van der Waals surface area (Å²) in [6.45, 7) is 0.0811. The molecule has 43 heavy (non-hydrogen) atoms. The number of ether oxygens (including phenoxy) is 2. The standard InChI is InChI=1S/C27H25F4N9O3/c1-13-8-16(26(41)38(3)4)24(36-35-13)33-18-10-17-19(11-20(18)42-5)39(12-32-17)21-7-6-15(23(28)29)25(34-21)40-14(2)9-22(37-40)43-27(30)31/h6-12,23,27H,1-5H3,(H,33,36). The Morgan fingerprint density at radius 1 is 1.05 bits per heavy atom. The minimum absolute atomic E-state index is 0.194. The number of halogens is 4. The van der Waals surface area contributed by atoms with Crippen molar-refractivity contribution in [2.24, 2.45) is 0 Å². The maximum Gasteiger partial charge on any atom is 0.388 e. The van der Waals surface area contributed by atoms with Crippen LogP contribution in [0.1, 0.15) is 33.7 Å². The molecule has 0 saturated heterocycles. The van der Waals surface area contributed by atoms with E-state index in [2.05, 4.69) is 35.3 Å². The summed E-state index contributed by atoms with van der Waals surface area (Å²) < 4.78 is 65.8. The van der Waals surface area contributed by atoms with Crippen LogP contribution in [-0.2, 0) is 0 Å². The van der Waals surface area contributed by atoms with E-state index in [1.165, 1.54) is 43.5 Å². The average molecular weight is 600 g/mol. The van der Waals surface area contributed by atoms with Gasteiger partial charge in [0, 0.05) is 31.9 Å². The first-order valence-electron chi connectivity index (χ1n) is 12.7. The molecule has 4 aromatic heterocycles. The van der Waals surface area contributed by atoms with E-state index >= 15 is 0 Å². The Bertz CT molecular complexity index is 1820. The van der Waals surface area contributed by atoms with Crippen molar-refractivity contribution in [2.75, 3.05) is 26.5 Å². The van der Waals surface area contributed by atoms with Crippen molar-refractivity contribution in [3.8, 4) is 23.3 Å². The zero-order valence-electron chi connectivity index (χ0n) is 23.5. The number of hydrogen-bond donors (Lipinski definition) is 1. The Kier molecular flexibility index (Phi) is 7.84. The summed E-state index contributed by atoms with van der Waals surface area (Å²) in [4.78, 5) is 23.0. The van der Waals surface area contributed by atoms with Crippen LogP contribution in [0.5, 0.6) is 11.6 Å². The van der Waals surface area contributed by atoms with Crippen LogP contribution in [-0.4, -0.2) is 73.1 Å². The lowest BCUT2D eigenvalue weighted by molar-refractivity contribution is -0.0530. The van der Waals surface area contributed by atoms with E-state index in [-0.39, 0.29) is 29.1 Å². The monoisotopic (exact) mass is 599 g/mol. The highest BCUT2D eigenvalue weighted by Crippen LogP contribution is 2.34. The molecule has 0 aliphatic rings. The SMILES string of the molecule is COc1cc2c(cc1Nc1nnc(C)cc1C(=O)N(C)C)ncn2-c1ccc(C(F)F)c(-n2nc(OC(F)F)cc2C)n1. The van der Waals surface area contributed by atoms with Gasteiger partial charge in [-0.15, -0.1) is 10.2 Å². The number of carbonyl (C=O) groups is 1. The van der Waals surface area contributed by atoms with Crippen molar-refractivity contribution in [2.45, 2.75) is 26.9 Å². The first-order valence-corrected chi connectivity index (χ1v) is 12.7. The number of benzene rings is 1. The molecule has 12 nitrogen and oxygen atoms in total. The highest BCUT2D eigenvalue weighted by atomic mass is 19.3. The molecule has 0 unspecified atom stereocenters. The summed E-state index contributed by atoms with van der Waals surface area (Å²) in [6, 6.07) is 8.67. The summed E-state index contributed by atoms with van der Waals surface area (Å²) in [7, 11) is 4.70. The second-order valence-electron chi connectivity index (χ2n) is 9.53. The fraction of sp³-hybridized carbons (Fsp3) is 0.259. The van der Waals surface area contributed by atoms with Crippen molar-refractivity contribution >= 4 is 28.4 Å². The summed E-state index contributed by atoms with van der Waals surface area (Å²) in [6.07, 6.45) is -1.49. The predicted molar refractivity (Wildman–Crippen MR) is 147 cm³/mol. The number of fused-ring (bicyclic) bond motifs is 1. The minimum Gasteiger partial charge on any atom is -0.494 e. The molecule has 0 aliphatic carbocycles. The van der Waals surface area contributed by atoms with Gasteiger partial charge in [-0.3, -0.25) is 9.36 Å². The van der Waals surface area contributed by atoms with E-state index in [0.29, 0.717) is 33.7 Å². The number of aryl methyl sites for hydroxylation is 2. The highest BCUT2D eigenvalue weighted by Gasteiger charge is 2.23. The van der Waals surface area contributed by atoms with Crippen LogP contribution in [0.4, 0.5) is 29.1 Å². The number of nitrogens with zero attached hydrogens (tertiary/aromatic N) is 8. The van der Waals surface area contributed by atoms with Gasteiger partial charge in [0.05, 0.1) is 40.7 Å². The third kappa shape index (κ3) is 5.75. The normalized spacial score (nSPS) is 11.4. The minimum atomic E-state index is -3.14. The molecule has 1 N–H and O–H groups in total. The first kappa shape index (κ1) is 29.2. The van der Waals surface area contributed by atoms with Gasteiger partial charge >= 0.3 is 6.61 Å². The van der Waals surface area contributed by atoms with E-state index < -0.39 is 24.5 Å². The molecule has 5 aromatic rings. The number of imidazole rings is 1. The number of alkyl halides is 4. The Labute approximate surface area is 241 Å². The van der Waals surface area contributed by atoms with E-state index in [1.54, 1.807) is 43.8 Å². The Morgan fingerprint density at radius 2 is 1.81 bits per heavy atom. The van der Waals surface area contributed by atoms with Gasteiger partial charge in [0.1, 0.15) is 17.9 Å². The molecule has 0 atom stereocenters. The molecule has 0 aliphatic heterocycles. The van der Waals surface area contributed by atoms with Crippen molar-refractivity contribution in [1.82, 2.24) is 39.4 Å². The zero-order valence-corrected chi connectivity index (χ0v) is 23.5. The number of pyridine rings is 1. The smallest absolute Gasteiger partial charge is 0.388 e. The van der Waals surface area contributed by atoms with Crippen LogP contribution in [0.2, 0.25) is 0 Å². The van der Waals surface area contributed by atoms with Crippen molar-refractivity contribution in [1.29, 1.82) is 0 Å². The number of rotatable bonds is 9. The molecule has 0 saturated carbocycles. The Balaban J connectivity index is 1.58. The van der Waals surface area contributed by atoms with Gasteiger partial charge < -0.3 is 19.7 Å². The van der Waals surface area contributed by atoms with Gasteiger partial charge in [-0.25, -0.2) is 23.4 Å². The molecular formula is C27H25F4N9O3. The van der Waals surface area contributed by atoms with E-state index in [9.17, 15) is 22.4 Å². The maximum absolute atomic E-state index is 13.9. The second-order valence-corrected chi connectivity index (χ2v) is 9.53. The molecule has 0 radical (unpaired) electrons. The lowest BCUT2D eigenvalue weighted by Gasteiger charge is -2.16. The Hall–Kier alpha value is -5.28. The van der Waals surface area contributed by atoms with Gasteiger partial charge in [0.25, 0.3) is 12.3 Å². The number of nitrogens with one attached hydrogen (secondary N) is 1. The Morgan fingerprint density at radius 3 is 2.49 bits per heavy atom. The molecule has 0 fully saturated rings. The van der Waals surface area contributed by atoms with Crippen molar-refractivity contribution in [3.05, 3.63) is 65.2 Å². The van der Waals surface area contributed by atoms with E-state index in [4.69, 9.17) is 4.74 Å². The molecule has 0 bridgehead atoms. The fourth-order valence-electron chi connectivity index (χ4n) is 4.33. The third-order valence-corrected chi connectivity index (χ3v) is 6.32. The molecule has 5 rings (SSSR count). The number of hydrogen-bond acceptors (Lipinski definition) is 9. The maximum atomic E-state index is 13.9. The quantitative estimate of drug-likeness (QED) is 0.233. The van der Waals surface area contributed by atoms with Crippen LogP contribution in [0, 0.1) is 13.8 Å². The zero-order chi connectivity index (χ0) is 31.0. The summed E-state index contributed by atoms with van der Waals surface area (Å²) in [5, 5.41) is 15.2. The summed E-state index contributed by atoms with van der Waals surface area (Å²) >= 11 is 0. The summed E-state index contributed by atoms with van der Waals surface area (Å²) in [5.74, 6) is -0.233. The molecule has 224 valence electrons. The topological polar surface area (TPSA) is 125 Å².